The monoisotopic (exact) mass is 404 g/mol. The number of ether oxygens (including phenoxy) is 1. The number of thiazole rings is 1. The van der Waals surface area contributed by atoms with Gasteiger partial charge in [0.2, 0.25) is 0 Å². The Morgan fingerprint density at radius 2 is 2.07 bits per heavy atom. The van der Waals surface area contributed by atoms with E-state index in [1.807, 2.05) is 19.3 Å². The van der Waals surface area contributed by atoms with E-state index in [-0.39, 0.29) is 11.4 Å². The van der Waals surface area contributed by atoms with E-state index in [4.69, 9.17) is 4.74 Å². The number of carbonyl (C=O) groups excluding carboxylic acids is 1. The van der Waals surface area contributed by atoms with Crippen molar-refractivity contribution >= 4 is 28.3 Å². The second-order valence-electron chi connectivity index (χ2n) is 7.96. The van der Waals surface area contributed by atoms with E-state index in [2.05, 4.69) is 32.5 Å². The van der Waals surface area contributed by atoms with E-state index in [0.717, 1.165) is 18.7 Å². The van der Waals surface area contributed by atoms with Gasteiger partial charge in [-0.3, -0.25) is 15.3 Å². The van der Waals surface area contributed by atoms with Gasteiger partial charge in [-0.25, -0.2) is 9.78 Å². The van der Waals surface area contributed by atoms with Crippen LogP contribution in [0.5, 0.6) is 0 Å². The molecule has 8 nitrogen and oxygen atoms in total. The normalized spacial score (nSPS) is 19.2. The highest BCUT2D eigenvalue weighted by molar-refractivity contribution is 7.15. The number of aromatic nitrogens is 3. The van der Waals surface area contributed by atoms with E-state index >= 15 is 0 Å². The van der Waals surface area contributed by atoms with Crippen LogP contribution in [0.15, 0.2) is 12.3 Å². The number of hydrogen-bond acceptors (Lipinski definition) is 6. The fourth-order valence-electron chi connectivity index (χ4n) is 3.61. The van der Waals surface area contributed by atoms with Gasteiger partial charge < -0.3 is 9.64 Å². The molecule has 0 aliphatic carbocycles. The number of hydrogen-bond donors (Lipinski definition) is 2. The fourth-order valence-corrected chi connectivity index (χ4v) is 4.41. The van der Waals surface area contributed by atoms with Gasteiger partial charge >= 0.3 is 6.03 Å². The van der Waals surface area contributed by atoms with Gasteiger partial charge in [-0.15, -0.1) is 11.3 Å². The summed E-state index contributed by atoms with van der Waals surface area (Å²) in [6, 6.07) is 1.61. The number of piperidine rings is 1. The molecular formula is C19H28N6O2S. The highest BCUT2D eigenvalue weighted by Gasteiger charge is 2.38. The molecule has 2 amide bonds. The summed E-state index contributed by atoms with van der Waals surface area (Å²) < 4.78 is 6.99. The van der Waals surface area contributed by atoms with Crippen molar-refractivity contribution in [2.75, 3.05) is 43.5 Å². The molecule has 0 bridgehead atoms. The van der Waals surface area contributed by atoms with Crippen molar-refractivity contribution in [3.05, 3.63) is 22.8 Å². The summed E-state index contributed by atoms with van der Waals surface area (Å²) >= 11 is 1.54. The zero-order valence-corrected chi connectivity index (χ0v) is 17.3. The first-order valence-corrected chi connectivity index (χ1v) is 10.7. The van der Waals surface area contributed by atoms with Crippen LogP contribution in [-0.4, -0.2) is 58.5 Å². The van der Waals surface area contributed by atoms with Gasteiger partial charge in [0, 0.05) is 30.7 Å². The van der Waals surface area contributed by atoms with Gasteiger partial charge in [-0.2, -0.15) is 5.10 Å². The lowest BCUT2D eigenvalue weighted by Crippen LogP contribution is -2.44. The first-order chi connectivity index (χ1) is 13.5. The molecule has 0 spiro atoms. The second kappa shape index (κ2) is 8.18. The van der Waals surface area contributed by atoms with Gasteiger partial charge in [-0.1, -0.05) is 6.42 Å². The number of nitrogens with one attached hydrogen (secondary N) is 2. The van der Waals surface area contributed by atoms with Crippen LogP contribution in [0.4, 0.5) is 15.7 Å². The van der Waals surface area contributed by atoms with E-state index in [1.165, 1.54) is 48.6 Å². The molecule has 2 N–H and O–H groups in total. The zero-order chi connectivity index (χ0) is 19.6. The Bertz CT molecular complexity index is 822. The Kier molecular flexibility index (Phi) is 5.65. The van der Waals surface area contributed by atoms with Crippen LogP contribution in [0.2, 0.25) is 0 Å². The molecule has 0 atom stereocenters. The molecule has 4 rings (SSSR count). The Balaban J connectivity index is 1.29. The number of likely N-dealkylation sites (tertiary alicyclic amines) is 1. The average molecular weight is 405 g/mol. The standard InChI is InChI=1S/C19H28N6O2S/c1-19(12-27-13-19)15-10-16(24(2)23-15)21-17(26)22-18-20-11-14(28-18)6-9-25-7-4-3-5-8-25/h10-11H,3-9,12-13H2,1-2H3,(H2,20,21,22,26). The highest BCUT2D eigenvalue weighted by Crippen LogP contribution is 2.32. The Morgan fingerprint density at radius 3 is 2.79 bits per heavy atom. The summed E-state index contributed by atoms with van der Waals surface area (Å²) in [4.78, 5) is 20.4. The molecule has 152 valence electrons. The number of urea groups is 1. The van der Waals surface area contributed by atoms with Crippen LogP contribution in [0.3, 0.4) is 0 Å². The van der Waals surface area contributed by atoms with E-state index in [9.17, 15) is 4.79 Å². The van der Waals surface area contributed by atoms with Crippen LogP contribution in [-0.2, 0) is 23.6 Å². The molecule has 0 radical (unpaired) electrons. The maximum absolute atomic E-state index is 12.4. The van der Waals surface area contributed by atoms with Crippen LogP contribution < -0.4 is 10.6 Å². The molecular weight excluding hydrogens is 376 g/mol. The predicted molar refractivity (Wildman–Crippen MR) is 110 cm³/mol. The molecule has 9 heteroatoms. The average Bonchev–Trinajstić information content (AvgIpc) is 3.26. The quantitative estimate of drug-likeness (QED) is 0.773. The van der Waals surface area contributed by atoms with E-state index < -0.39 is 0 Å². The number of amides is 2. The maximum atomic E-state index is 12.4. The second-order valence-corrected chi connectivity index (χ2v) is 9.07. The number of rotatable bonds is 6. The molecule has 0 aromatic carbocycles. The highest BCUT2D eigenvalue weighted by atomic mass is 32.1. The first kappa shape index (κ1) is 19.4. The maximum Gasteiger partial charge on any atom is 0.326 e. The molecule has 2 aromatic rings. The molecule has 4 heterocycles. The van der Waals surface area contributed by atoms with Crippen molar-refractivity contribution in [3.63, 3.8) is 0 Å². The topological polar surface area (TPSA) is 84.3 Å². The van der Waals surface area contributed by atoms with Crippen molar-refractivity contribution in [1.29, 1.82) is 0 Å². The summed E-state index contributed by atoms with van der Waals surface area (Å²) in [7, 11) is 1.82. The third-order valence-electron chi connectivity index (χ3n) is 5.48. The molecule has 2 aromatic heterocycles. The van der Waals surface area contributed by atoms with Crippen molar-refractivity contribution in [2.24, 2.45) is 7.05 Å². The molecule has 2 aliphatic heterocycles. The molecule has 28 heavy (non-hydrogen) atoms. The van der Waals surface area contributed by atoms with Gasteiger partial charge in [0.15, 0.2) is 5.13 Å². The zero-order valence-electron chi connectivity index (χ0n) is 16.5. The number of aryl methyl sites for hydroxylation is 1. The summed E-state index contributed by atoms with van der Waals surface area (Å²) in [6.45, 7) is 6.90. The van der Waals surface area contributed by atoms with Crippen LogP contribution in [0.25, 0.3) is 0 Å². The predicted octanol–water partition coefficient (Wildman–Crippen LogP) is 2.84. The SMILES string of the molecule is Cn1nc(C2(C)COC2)cc1NC(=O)Nc1ncc(CCN2CCCCC2)s1. The minimum absolute atomic E-state index is 0.0628. The molecule has 2 fully saturated rings. The van der Waals surface area contributed by atoms with E-state index in [1.54, 1.807) is 4.68 Å². The lowest BCUT2D eigenvalue weighted by atomic mass is 9.85. The number of anilines is 2. The lowest BCUT2D eigenvalue weighted by Gasteiger charge is -2.36. The summed E-state index contributed by atoms with van der Waals surface area (Å²) in [6.07, 6.45) is 6.80. The largest absolute Gasteiger partial charge is 0.379 e. The lowest BCUT2D eigenvalue weighted by molar-refractivity contribution is -0.0522. The summed E-state index contributed by atoms with van der Waals surface area (Å²) in [5.74, 6) is 0.655. The minimum Gasteiger partial charge on any atom is -0.379 e. The molecule has 2 aliphatic rings. The minimum atomic E-state index is -0.304. The van der Waals surface area contributed by atoms with Gasteiger partial charge in [-0.05, 0) is 39.3 Å². The van der Waals surface area contributed by atoms with Gasteiger partial charge in [0.25, 0.3) is 0 Å². The molecule has 0 unspecified atom stereocenters. The van der Waals surface area contributed by atoms with Crippen LogP contribution in [0.1, 0.15) is 36.8 Å². The first-order valence-electron chi connectivity index (χ1n) is 9.89. The Labute approximate surface area is 169 Å². The Hall–Kier alpha value is -1.97. The number of carbonyl (C=O) groups is 1. The summed E-state index contributed by atoms with van der Waals surface area (Å²) in [5.41, 5.74) is 0.873. The molecule has 0 saturated carbocycles. The Morgan fingerprint density at radius 1 is 1.29 bits per heavy atom. The van der Waals surface area contributed by atoms with Gasteiger partial charge in [0.05, 0.1) is 24.3 Å². The third-order valence-corrected chi connectivity index (χ3v) is 6.45. The van der Waals surface area contributed by atoms with Crippen LogP contribution in [0, 0.1) is 0 Å². The van der Waals surface area contributed by atoms with Crippen molar-refractivity contribution < 1.29 is 9.53 Å². The van der Waals surface area contributed by atoms with E-state index in [0.29, 0.717) is 24.2 Å². The van der Waals surface area contributed by atoms with Crippen molar-refractivity contribution in [3.8, 4) is 0 Å². The summed E-state index contributed by atoms with van der Waals surface area (Å²) in [5, 5.41) is 10.8. The van der Waals surface area contributed by atoms with Crippen molar-refractivity contribution in [1.82, 2.24) is 19.7 Å². The smallest absolute Gasteiger partial charge is 0.326 e. The van der Waals surface area contributed by atoms with Crippen LogP contribution >= 0.6 is 11.3 Å². The van der Waals surface area contributed by atoms with Crippen molar-refractivity contribution in [2.45, 2.75) is 38.0 Å². The molecule has 2 saturated heterocycles. The fraction of sp³-hybridized carbons (Fsp3) is 0.632. The number of nitrogens with zero attached hydrogens (tertiary/aromatic N) is 4. The third kappa shape index (κ3) is 4.37. The van der Waals surface area contributed by atoms with Gasteiger partial charge in [0.1, 0.15) is 5.82 Å².